The highest BCUT2D eigenvalue weighted by atomic mass is 16.4. The topological polar surface area (TPSA) is 40.5 Å². The SMILES string of the molecule is CC(C)N(CC(=O)O)Cc1cccc2ccccc12. The fraction of sp³-hybridized carbons (Fsp3) is 0.312. The molecular weight excluding hydrogens is 238 g/mol. The lowest BCUT2D eigenvalue weighted by Crippen LogP contribution is -2.35. The molecular formula is C16H19NO2. The zero-order chi connectivity index (χ0) is 13.8. The number of aliphatic carboxylic acids is 1. The molecule has 0 aromatic heterocycles. The monoisotopic (exact) mass is 257 g/mol. The Hall–Kier alpha value is -1.87. The molecule has 19 heavy (non-hydrogen) atoms. The van der Waals surface area contributed by atoms with Gasteiger partial charge >= 0.3 is 5.97 Å². The second kappa shape index (κ2) is 5.85. The smallest absolute Gasteiger partial charge is 0.317 e. The van der Waals surface area contributed by atoms with Crippen LogP contribution in [0.1, 0.15) is 19.4 Å². The number of carbonyl (C=O) groups is 1. The van der Waals surface area contributed by atoms with Crippen LogP contribution in [0.2, 0.25) is 0 Å². The van der Waals surface area contributed by atoms with Gasteiger partial charge in [-0.15, -0.1) is 0 Å². The number of fused-ring (bicyclic) bond motifs is 1. The van der Waals surface area contributed by atoms with E-state index in [0.29, 0.717) is 6.54 Å². The zero-order valence-corrected chi connectivity index (χ0v) is 11.3. The number of hydrogen-bond acceptors (Lipinski definition) is 2. The van der Waals surface area contributed by atoms with E-state index in [-0.39, 0.29) is 12.6 Å². The van der Waals surface area contributed by atoms with Crippen LogP contribution in [-0.2, 0) is 11.3 Å². The van der Waals surface area contributed by atoms with Gasteiger partial charge < -0.3 is 5.11 Å². The summed E-state index contributed by atoms with van der Waals surface area (Å²) in [5.41, 5.74) is 1.17. The molecule has 0 aliphatic carbocycles. The molecule has 0 spiro atoms. The Bertz CT molecular complexity index is 572. The second-order valence-corrected chi connectivity index (χ2v) is 5.03. The lowest BCUT2D eigenvalue weighted by Gasteiger charge is -2.25. The van der Waals surface area contributed by atoms with Gasteiger partial charge in [-0.2, -0.15) is 0 Å². The molecule has 0 saturated heterocycles. The van der Waals surface area contributed by atoms with E-state index < -0.39 is 5.97 Å². The van der Waals surface area contributed by atoms with Gasteiger partial charge in [-0.1, -0.05) is 42.5 Å². The highest BCUT2D eigenvalue weighted by Gasteiger charge is 2.14. The molecule has 0 heterocycles. The maximum atomic E-state index is 10.9. The van der Waals surface area contributed by atoms with Crippen molar-refractivity contribution in [3.05, 3.63) is 48.0 Å². The zero-order valence-electron chi connectivity index (χ0n) is 11.3. The Morgan fingerprint density at radius 2 is 1.84 bits per heavy atom. The summed E-state index contributed by atoms with van der Waals surface area (Å²) in [6, 6.07) is 14.6. The van der Waals surface area contributed by atoms with Crippen molar-refractivity contribution in [3.8, 4) is 0 Å². The molecule has 2 aromatic carbocycles. The quantitative estimate of drug-likeness (QED) is 0.894. The van der Waals surface area contributed by atoms with E-state index in [1.54, 1.807) is 0 Å². The molecule has 0 aliphatic heterocycles. The standard InChI is InChI=1S/C16H19NO2/c1-12(2)17(11-16(18)19)10-14-8-5-7-13-6-3-4-9-15(13)14/h3-9,12H,10-11H2,1-2H3,(H,18,19). The van der Waals surface area contributed by atoms with Crippen molar-refractivity contribution >= 4 is 16.7 Å². The first kappa shape index (κ1) is 13.6. The van der Waals surface area contributed by atoms with E-state index in [9.17, 15) is 4.79 Å². The van der Waals surface area contributed by atoms with E-state index in [4.69, 9.17) is 5.11 Å². The summed E-state index contributed by atoms with van der Waals surface area (Å²) in [6.07, 6.45) is 0. The summed E-state index contributed by atoms with van der Waals surface area (Å²) in [5, 5.41) is 11.4. The van der Waals surface area contributed by atoms with Gasteiger partial charge in [0, 0.05) is 12.6 Å². The molecule has 3 nitrogen and oxygen atoms in total. The van der Waals surface area contributed by atoms with Crippen LogP contribution in [0, 0.1) is 0 Å². The predicted molar refractivity (Wildman–Crippen MR) is 77.1 cm³/mol. The Labute approximate surface area is 113 Å². The van der Waals surface area contributed by atoms with Gasteiger partial charge in [0.15, 0.2) is 0 Å². The molecule has 2 rings (SSSR count). The molecule has 100 valence electrons. The third kappa shape index (κ3) is 3.32. The van der Waals surface area contributed by atoms with Gasteiger partial charge in [-0.25, -0.2) is 0 Å². The van der Waals surface area contributed by atoms with Gasteiger partial charge in [-0.05, 0) is 30.2 Å². The van der Waals surface area contributed by atoms with E-state index in [2.05, 4.69) is 24.3 Å². The van der Waals surface area contributed by atoms with E-state index in [1.807, 2.05) is 36.9 Å². The maximum Gasteiger partial charge on any atom is 0.317 e. The van der Waals surface area contributed by atoms with E-state index in [1.165, 1.54) is 16.3 Å². The number of carboxylic acid groups (broad SMARTS) is 1. The second-order valence-electron chi connectivity index (χ2n) is 5.03. The molecule has 0 amide bonds. The number of carboxylic acids is 1. The first-order valence-corrected chi connectivity index (χ1v) is 6.50. The first-order chi connectivity index (χ1) is 9.08. The van der Waals surface area contributed by atoms with Gasteiger partial charge in [0.25, 0.3) is 0 Å². The highest BCUT2D eigenvalue weighted by molar-refractivity contribution is 5.85. The van der Waals surface area contributed by atoms with Crippen LogP contribution in [0.15, 0.2) is 42.5 Å². The van der Waals surface area contributed by atoms with Crippen LogP contribution in [0.5, 0.6) is 0 Å². The lowest BCUT2D eigenvalue weighted by molar-refractivity contribution is -0.138. The normalized spacial score (nSPS) is 11.4. The minimum absolute atomic E-state index is 0.0703. The summed E-state index contributed by atoms with van der Waals surface area (Å²) in [4.78, 5) is 12.9. The minimum Gasteiger partial charge on any atom is -0.480 e. The van der Waals surface area contributed by atoms with Crippen molar-refractivity contribution in [1.82, 2.24) is 4.90 Å². The Balaban J connectivity index is 2.31. The Morgan fingerprint density at radius 3 is 2.53 bits per heavy atom. The Morgan fingerprint density at radius 1 is 1.16 bits per heavy atom. The van der Waals surface area contributed by atoms with Gasteiger partial charge in [0.05, 0.1) is 6.54 Å². The maximum absolute atomic E-state index is 10.9. The van der Waals surface area contributed by atoms with Crippen LogP contribution in [0.4, 0.5) is 0 Å². The predicted octanol–water partition coefficient (Wildman–Crippen LogP) is 3.13. The average Bonchev–Trinajstić information content (AvgIpc) is 2.37. The molecule has 0 aliphatic rings. The number of nitrogens with zero attached hydrogens (tertiary/aromatic N) is 1. The molecule has 3 heteroatoms. The summed E-state index contributed by atoms with van der Waals surface area (Å²) in [7, 11) is 0. The Kier molecular flexibility index (Phi) is 4.17. The largest absolute Gasteiger partial charge is 0.480 e. The molecule has 0 atom stereocenters. The lowest BCUT2D eigenvalue weighted by atomic mass is 10.0. The highest BCUT2D eigenvalue weighted by Crippen LogP contribution is 2.20. The molecule has 0 unspecified atom stereocenters. The third-order valence-electron chi connectivity index (χ3n) is 3.32. The van der Waals surface area contributed by atoms with Crippen LogP contribution in [-0.4, -0.2) is 28.6 Å². The van der Waals surface area contributed by atoms with Crippen LogP contribution >= 0.6 is 0 Å². The van der Waals surface area contributed by atoms with Gasteiger partial charge in [0.1, 0.15) is 0 Å². The first-order valence-electron chi connectivity index (χ1n) is 6.50. The van der Waals surface area contributed by atoms with Crippen LogP contribution in [0.3, 0.4) is 0 Å². The molecule has 2 aromatic rings. The number of rotatable bonds is 5. The van der Waals surface area contributed by atoms with E-state index in [0.717, 1.165) is 0 Å². The summed E-state index contributed by atoms with van der Waals surface area (Å²) >= 11 is 0. The van der Waals surface area contributed by atoms with E-state index >= 15 is 0 Å². The van der Waals surface area contributed by atoms with Crippen LogP contribution < -0.4 is 0 Å². The van der Waals surface area contributed by atoms with Gasteiger partial charge in [0.2, 0.25) is 0 Å². The molecule has 1 N–H and O–H groups in total. The fourth-order valence-electron chi connectivity index (χ4n) is 2.24. The fourth-order valence-corrected chi connectivity index (χ4v) is 2.24. The summed E-state index contributed by atoms with van der Waals surface area (Å²) in [5.74, 6) is -0.783. The average molecular weight is 257 g/mol. The van der Waals surface area contributed by atoms with Crippen molar-refractivity contribution < 1.29 is 9.90 Å². The molecule has 0 saturated carbocycles. The minimum atomic E-state index is -0.783. The molecule has 0 fully saturated rings. The van der Waals surface area contributed by atoms with Crippen molar-refractivity contribution in [3.63, 3.8) is 0 Å². The van der Waals surface area contributed by atoms with Crippen molar-refractivity contribution in [2.75, 3.05) is 6.54 Å². The molecule has 0 bridgehead atoms. The van der Waals surface area contributed by atoms with Gasteiger partial charge in [-0.3, -0.25) is 9.69 Å². The van der Waals surface area contributed by atoms with Crippen molar-refractivity contribution in [1.29, 1.82) is 0 Å². The van der Waals surface area contributed by atoms with Crippen LogP contribution in [0.25, 0.3) is 10.8 Å². The number of hydrogen-bond donors (Lipinski definition) is 1. The van der Waals surface area contributed by atoms with Crippen molar-refractivity contribution in [2.45, 2.75) is 26.4 Å². The van der Waals surface area contributed by atoms with Crippen molar-refractivity contribution in [2.24, 2.45) is 0 Å². The number of benzene rings is 2. The molecule has 0 radical (unpaired) electrons. The summed E-state index contributed by atoms with van der Waals surface area (Å²) in [6.45, 7) is 4.77. The third-order valence-corrected chi connectivity index (χ3v) is 3.32. The summed E-state index contributed by atoms with van der Waals surface area (Å²) < 4.78 is 0.